The molecular formula is C16H18BrNO5S. The number of ether oxygens (including phenoxy) is 3. The van der Waals surface area contributed by atoms with Crippen molar-refractivity contribution < 1.29 is 22.6 Å². The molecule has 0 bridgehead atoms. The van der Waals surface area contributed by atoms with E-state index in [1.54, 1.807) is 31.4 Å². The summed E-state index contributed by atoms with van der Waals surface area (Å²) in [5.74, 6) is 1.76. The van der Waals surface area contributed by atoms with Crippen LogP contribution in [0.15, 0.2) is 45.8 Å². The van der Waals surface area contributed by atoms with E-state index in [9.17, 15) is 8.42 Å². The number of hydrogen-bond acceptors (Lipinski definition) is 5. The van der Waals surface area contributed by atoms with Gasteiger partial charge in [0.05, 0.1) is 30.7 Å². The molecule has 0 unspecified atom stereocenters. The largest absolute Gasteiger partial charge is 0.497 e. The van der Waals surface area contributed by atoms with Crippen LogP contribution >= 0.6 is 15.9 Å². The molecule has 0 radical (unpaired) electrons. The van der Waals surface area contributed by atoms with Gasteiger partial charge in [-0.2, -0.15) is 0 Å². The lowest BCUT2D eigenvalue weighted by molar-refractivity contribution is 0.398. The minimum Gasteiger partial charge on any atom is -0.497 e. The summed E-state index contributed by atoms with van der Waals surface area (Å²) >= 11 is 3.28. The van der Waals surface area contributed by atoms with E-state index in [2.05, 4.69) is 20.7 Å². The van der Waals surface area contributed by atoms with E-state index in [-0.39, 0.29) is 11.4 Å². The Morgan fingerprint density at radius 1 is 0.958 bits per heavy atom. The van der Waals surface area contributed by atoms with E-state index in [0.717, 1.165) is 0 Å². The topological polar surface area (TPSA) is 73.9 Å². The molecule has 6 nitrogen and oxygen atoms in total. The first-order valence-corrected chi connectivity index (χ1v) is 9.23. The van der Waals surface area contributed by atoms with E-state index < -0.39 is 10.0 Å². The van der Waals surface area contributed by atoms with E-state index in [1.807, 2.05) is 0 Å². The molecule has 2 aromatic carbocycles. The van der Waals surface area contributed by atoms with Gasteiger partial charge in [0, 0.05) is 12.1 Å². The Labute approximate surface area is 149 Å². The van der Waals surface area contributed by atoms with Gasteiger partial charge in [0.15, 0.2) is 0 Å². The van der Waals surface area contributed by atoms with Crippen LogP contribution in [-0.2, 0) is 16.6 Å². The molecule has 130 valence electrons. The quantitative estimate of drug-likeness (QED) is 0.752. The first kappa shape index (κ1) is 18.6. The molecule has 0 aliphatic rings. The molecule has 0 amide bonds. The highest BCUT2D eigenvalue weighted by Gasteiger charge is 2.17. The van der Waals surface area contributed by atoms with Crippen LogP contribution in [0, 0.1) is 0 Å². The Hall–Kier alpha value is -1.77. The molecule has 0 heterocycles. The van der Waals surface area contributed by atoms with Gasteiger partial charge in [-0.05, 0) is 52.3 Å². The Morgan fingerprint density at radius 3 is 2.21 bits per heavy atom. The fourth-order valence-corrected chi connectivity index (χ4v) is 3.82. The third kappa shape index (κ3) is 4.19. The van der Waals surface area contributed by atoms with Gasteiger partial charge in [0.25, 0.3) is 0 Å². The van der Waals surface area contributed by atoms with Crippen molar-refractivity contribution in [1.82, 2.24) is 4.72 Å². The average Bonchev–Trinajstić information content (AvgIpc) is 2.59. The first-order chi connectivity index (χ1) is 11.4. The van der Waals surface area contributed by atoms with Crippen molar-refractivity contribution in [3.05, 3.63) is 46.4 Å². The maximum absolute atomic E-state index is 12.5. The molecular weight excluding hydrogens is 398 g/mol. The van der Waals surface area contributed by atoms with Crippen molar-refractivity contribution in [1.29, 1.82) is 0 Å². The van der Waals surface area contributed by atoms with Crippen LogP contribution in [0.4, 0.5) is 0 Å². The van der Waals surface area contributed by atoms with Gasteiger partial charge in [-0.1, -0.05) is 0 Å². The summed E-state index contributed by atoms with van der Waals surface area (Å²) in [6.45, 7) is 0.0757. The van der Waals surface area contributed by atoms with Crippen LogP contribution in [-0.4, -0.2) is 29.7 Å². The minimum absolute atomic E-state index is 0.0757. The minimum atomic E-state index is -3.68. The number of rotatable bonds is 7. The molecule has 2 rings (SSSR count). The van der Waals surface area contributed by atoms with Gasteiger partial charge in [-0.15, -0.1) is 0 Å². The molecule has 24 heavy (non-hydrogen) atoms. The standard InChI is InChI=1S/C16H18BrNO5S/c1-21-12-4-6-15(22-2)11(8-12)10-18-24(19,20)13-5-7-16(23-3)14(17)9-13/h4-9,18H,10H2,1-3H3. The third-order valence-electron chi connectivity index (χ3n) is 3.37. The molecule has 8 heteroatoms. The van der Waals surface area contributed by atoms with Crippen LogP contribution < -0.4 is 18.9 Å². The lowest BCUT2D eigenvalue weighted by Crippen LogP contribution is -2.23. The summed E-state index contributed by atoms with van der Waals surface area (Å²) in [4.78, 5) is 0.136. The van der Waals surface area contributed by atoms with Crippen LogP contribution in [0.5, 0.6) is 17.2 Å². The van der Waals surface area contributed by atoms with Crippen molar-refractivity contribution in [2.75, 3.05) is 21.3 Å². The maximum Gasteiger partial charge on any atom is 0.240 e. The molecule has 1 N–H and O–H groups in total. The van der Waals surface area contributed by atoms with Gasteiger partial charge >= 0.3 is 0 Å². The monoisotopic (exact) mass is 415 g/mol. The molecule has 0 atom stereocenters. The predicted molar refractivity (Wildman–Crippen MR) is 94.3 cm³/mol. The number of benzene rings is 2. The molecule has 0 spiro atoms. The number of nitrogens with one attached hydrogen (secondary N) is 1. The van der Waals surface area contributed by atoms with E-state index in [1.165, 1.54) is 26.4 Å². The predicted octanol–water partition coefficient (Wildman–Crippen LogP) is 2.95. The molecule has 0 aliphatic heterocycles. The highest BCUT2D eigenvalue weighted by atomic mass is 79.9. The van der Waals surface area contributed by atoms with Crippen molar-refractivity contribution in [3.63, 3.8) is 0 Å². The second kappa shape index (κ2) is 7.87. The van der Waals surface area contributed by atoms with Gasteiger partial charge in [-0.3, -0.25) is 0 Å². The van der Waals surface area contributed by atoms with E-state index in [0.29, 0.717) is 27.3 Å². The van der Waals surface area contributed by atoms with Crippen LogP contribution in [0.2, 0.25) is 0 Å². The Bertz CT molecular complexity index is 823. The summed E-state index contributed by atoms with van der Waals surface area (Å²) in [5, 5.41) is 0. The van der Waals surface area contributed by atoms with Crippen molar-refractivity contribution in [3.8, 4) is 17.2 Å². The number of halogens is 1. The number of methoxy groups -OCH3 is 3. The zero-order chi connectivity index (χ0) is 17.7. The maximum atomic E-state index is 12.5. The molecule has 0 aromatic heterocycles. The Kier molecular flexibility index (Phi) is 6.09. The fraction of sp³-hybridized carbons (Fsp3) is 0.250. The highest BCUT2D eigenvalue weighted by Crippen LogP contribution is 2.28. The molecule has 0 fully saturated rings. The highest BCUT2D eigenvalue weighted by molar-refractivity contribution is 9.10. The van der Waals surface area contributed by atoms with Crippen molar-refractivity contribution >= 4 is 26.0 Å². The Balaban J connectivity index is 2.23. The summed E-state index contributed by atoms with van der Waals surface area (Å²) in [6, 6.07) is 9.76. The molecule has 0 saturated heterocycles. The molecule has 2 aromatic rings. The van der Waals surface area contributed by atoms with Crippen LogP contribution in [0.25, 0.3) is 0 Å². The lowest BCUT2D eigenvalue weighted by Gasteiger charge is -2.12. The van der Waals surface area contributed by atoms with E-state index >= 15 is 0 Å². The zero-order valence-electron chi connectivity index (χ0n) is 13.5. The van der Waals surface area contributed by atoms with E-state index in [4.69, 9.17) is 14.2 Å². The van der Waals surface area contributed by atoms with Gasteiger partial charge in [0.1, 0.15) is 17.2 Å². The normalized spacial score (nSPS) is 11.2. The summed E-state index contributed by atoms with van der Waals surface area (Å²) in [5.41, 5.74) is 0.674. The zero-order valence-corrected chi connectivity index (χ0v) is 15.9. The second-order valence-electron chi connectivity index (χ2n) is 4.80. The van der Waals surface area contributed by atoms with Gasteiger partial charge in [-0.25, -0.2) is 13.1 Å². The summed E-state index contributed by atoms with van der Waals surface area (Å²) < 4.78 is 43.6. The number of sulfonamides is 1. The number of hydrogen-bond donors (Lipinski definition) is 1. The lowest BCUT2D eigenvalue weighted by atomic mass is 10.2. The van der Waals surface area contributed by atoms with Crippen molar-refractivity contribution in [2.45, 2.75) is 11.4 Å². The first-order valence-electron chi connectivity index (χ1n) is 6.95. The molecule has 0 saturated carbocycles. The fourth-order valence-electron chi connectivity index (χ4n) is 2.09. The smallest absolute Gasteiger partial charge is 0.240 e. The SMILES string of the molecule is COc1ccc(OC)c(CNS(=O)(=O)c2ccc(OC)c(Br)c2)c1. The average molecular weight is 416 g/mol. The molecule has 0 aliphatic carbocycles. The summed E-state index contributed by atoms with van der Waals surface area (Å²) in [6.07, 6.45) is 0. The Morgan fingerprint density at radius 2 is 1.62 bits per heavy atom. The van der Waals surface area contributed by atoms with Gasteiger partial charge in [0.2, 0.25) is 10.0 Å². The van der Waals surface area contributed by atoms with Crippen LogP contribution in [0.1, 0.15) is 5.56 Å². The van der Waals surface area contributed by atoms with Crippen LogP contribution in [0.3, 0.4) is 0 Å². The van der Waals surface area contributed by atoms with Crippen molar-refractivity contribution in [2.24, 2.45) is 0 Å². The second-order valence-corrected chi connectivity index (χ2v) is 7.42. The summed E-state index contributed by atoms with van der Waals surface area (Å²) in [7, 11) is 0.907. The van der Waals surface area contributed by atoms with Gasteiger partial charge < -0.3 is 14.2 Å². The third-order valence-corrected chi connectivity index (χ3v) is 5.39.